The number of halogens is 3. The Morgan fingerprint density at radius 2 is 1.93 bits per heavy atom. The number of para-hydroxylation sites is 1. The number of nitrogens with zero attached hydrogens (tertiary/aromatic N) is 2. The third kappa shape index (κ3) is 5.28. The van der Waals surface area contributed by atoms with E-state index in [0.29, 0.717) is 26.3 Å². The van der Waals surface area contributed by atoms with Crippen molar-refractivity contribution in [3.05, 3.63) is 55.9 Å². The van der Waals surface area contributed by atoms with Gasteiger partial charge in [0.2, 0.25) is 5.91 Å². The zero-order valence-electron chi connectivity index (χ0n) is 15.5. The maximum atomic E-state index is 13.0. The summed E-state index contributed by atoms with van der Waals surface area (Å²) < 4.78 is 6.59. The first-order chi connectivity index (χ1) is 13.9. The number of anilines is 1. The van der Waals surface area contributed by atoms with Crippen molar-refractivity contribution in [2.75, 3.05) is 11.5 Å². The number of amides is 1. The molecule has 29 heavy (non-hydrogen) atoms. The van der Waals surface area contributed by atoms with E-state index < -0.39 is 5.97 Å². The molecule has 5 nitrogen and oxygen atoms in total. The van der Waals surface area contributed by atoms with Gasteiger partial charge in [0.05, 0.1) is 40.0 Å². The van der Waals surface area contributed by atoms with Crippen molar-refractivity contribution in [1.29, 1.82) is 0 Å². The summed E-state index contributed by atoms with van der Waals surface area (Å²) in [5, 5.41) is 1.54. The Morgan fingerprint density at radius 3 is 2.66 bits per heavy atom. The van der Waals surface area contributed by atoms with Gasteiger partial charge in [0.15, 0.2) is 0 Å². The van der Waals surface area contributed by atoms with Crippen molar-refractivity contribution in [3.8, 4) is 0 Å². The quantitative estimate of drug-likeness (QED) is 0.349. The van der Waals surface area contributed by atoms with Crippen LogP contribution in [0.3, 0.4) is 0 Å². The number of aromatic nitrogens is 1. The molecule has 152 valence electrons. The Morgan fingerprint density at radius 1 is 1.17 bits per heavy atom. The van der Waals surface area contributed by atoms with Gasteiger partial charge in [-0.3, -0.25) is 9.59 Å². The fraction of sp³-hybridized carbons (Fsp3) is 0.250. The van der Waals surface area contributed by atoms with Crippen LogP contribution < -0.4 is 4.90 Å². The van der Waals surface area contributed by atoms with Gasteiger partial charge >= 0.3 is 5.97 Å². The lowest BCUT2D eigenvalue weighted by molar-refractivity contribution is -0.144. The minimum Gasteiger partial charge on any atom is -0.466 e. The third-order valence-corrected chi connectivity index (χ3v) is 6.55. The molecule has 2 aromatic carbocycles. The molecule has 9 heteroatoms. The molecule has 0 bridgehead atoms. The predicted molar refractivity (Wildman–Crippen MR) is 121 cm³/mol. The first-order valence-corrected chi connectivity index (χ1v) is 11.2. The summed E-state index contributed by atoms with van der Waals surface area (Å²) in [6, 6.07) is 11.0. The second-order valence-corrected chi connectivity index (χ2v) is 8.81. The molecule has 0 saturated carbocycles. The summed E-state index contributed by atoms with van der Waals surface area (Å²) in [5.41, 5.74) is 1.31. The summed E-state index contributed by atoms with van der Waals surface area (Å²) in [6.45, 7) is 2.27. The molecule has 0 unspecified atom stereocenters. The average molecular weight is 516 g/mol. The number of carbonyl (C=O) groups excluding carboxylic acids is 2. The zero-order chi connectivity index (χ0) is 21.0. The number of hydrogen-bond donors (Lipinski definition) is 0. The van der Waals surface area contributed by atoms with Crippen molar-refractivity contribution in [2.24, 2.45) is 0 Å². The van der Waals surface area contributed by atoms with E-state index in [1.165, 1.54) is 11.3 Å². The highest BCUT2D eigenvalue weighted by atomic mass is 79.9. The van der Waals surface area contributed by atoms with Crippen molar-refractivity contribution in [3.63, 3.8) is 0 Å². The smallest absolute Gasteiger partial charge is 0.306 e. The number of carbonyl (C=O) groups is 2. The molecule has 1 heterocycles. The highest BCUT2D eigenvalue weighted by Gasteiger charge is 2.22. The third-order valence-electron chi connectivity index (χ3n) is 4.08. The molecular weight excluding hydrogens is 499 g/mol. The van der Waals surface area contributed by atoms with Crippen LogP contribution in [0.1, 0.15) is 24.8 Å². The summed E-state index contributed by atoms with van der Waals surface area (Å²) >= 11 is 17.3. The summed E-state index contributed by atoms with van der Waals surface area (Å²) in [6.07, 6.45) is 0.0621. The van der Waals surface area contributed by atoms with Gasteiger partial charge in [0, 0.05) is 10.9 Å². The van der Waals surface area contributed by atoms with Gasteiger partial charge in [-0.15, -0.1) is 11.3 Å². The zero-order valence-corrected chi connectivity index (χ0v) is 19.4. The van der Waals surface area contributed by atoms with E-state index in [1.807, 2.05) is 30.3 Å². The molecule has 0 aliphatic rings. The lowest BCUT2D eigenvalue weighted by atomic mass is 10.2. The molecule has 0 atom stereocenters. The van der Waals surface area contributed by atoms with E-state index in [9.17, 15) is 9.59 Å². The van der Waals surface area contributed by atoms with Crippen LogP contribution in [0.5, 0.6) is 0 Å². The van der Waals surface area contributed by atoms with Crippen LogP contribution in [-0.4, -0.2) is 23.5 Å². The molecule has 0 spiro atoms. The van der Waals surface area contributed by atoms with Gasteiger partial charge in [0.1, 0.15) is 10.5 Å². The van der Waals surface area contributed by atoms with E-state index in [0.717, 1.165) is 9.17 Å². The maximum absolute atomic E-state index is 13.0. The number of ether oxygens (including phenoxy) is 1. The largest absolute Gasteiger partial charge is 0.466 e. The topological polar surface area (TPSA) is 59.5 Å². The van der Waals surface area contributed by atoms with Crippen molar-refractivity contribution < 1.29 is 14.3 Å². The summed E-state index contributed by atoms with van der Waals surface area (Å²) in [4.78, 5) is 30.8. The van der Waals surface area contributed by atoms with Crippen LogP contribution in [0.15, 0.2) is 40.9 Å². The van der Waals surface area contributed by atoms with Gasteiger partial charge in [-0.2, -0.15) is 0 Å². The van der Waals surface area contributed by atoms with E-state index in [-0.39, 0.29) is 31.9 Å². The van der Waals surface area contributed by atoms with Crippen LogP contribution >= 0.6 is 50.5 Å². The number of thiazole rings is 1. The Balaban J connectivity index is 1.89. The molecule has 0 fully saturated rings. The number of rotatable bonds is 7. The van der Waals surface area contributed by atoms with E-state index in [1.54, 1.807) is 17.9 Å². The van der Waals surface area contributed by atoms with Crippen LogP contribution in [0, 0.1) is 0 Å². The van der Waals surface area contributed by atoms with Gasteiger partial charge < -0.3 is 9.64 Å². The summed E-state index contributed by atoms with van der Waals surface area (Å²) in [7, 11) is 0. The molecular formula is C20H17BrCl2N2O3S. The van der Waals surface area contributed by atoms with E-state index in [2.05, 4.69) is 20.9 Å². The number of hydrogen-bond acceptors (Lipinski definition) is 5. The molecule has 0 saturated heterocycles. The molecule has 1 aromatic heterocycles. The standard InChI is InChI=1S/C20H17BrCl2N2O3S/c1-2-28-18(27)10-9-17(26)25(14-6-4-3-5-12(14)21)11-16-24-20-15(29-16)8-7-13(22)19(20)23/h3-8H,2,9-11H2,1H3. The fourth-order valence-electron chi connectivity index (χ4n) is 2.74. The van der Waals surface area contributed by atoms with Crippen LogP contribution in [0.25, 0.3) is 10.2 Å². The predicted octanol–water partition coefficient (Wildman–Crippen LogP) is 6.24. The molecule has 3 rings (SSSR count). The fourth-order valence-corrected chi connectivity index (χ4v) is 4.62. The Labute approximate surface area is 190 Å². The lowest BCUT2D eigenvalue weighted by Gasteiger charge is -2.23. The van der Waals surface area contributed by atoms with Gasteiger partial charge in [-0.25, -0.2) is 4.98 Å². The normalized spacial score (nSPS) is 10.9. The van der Waals surface area contributed by atoms with Crippen LogP contribution in [0.2, 0.25) is 10.0 Å². The first kappa shape index (κ1) is 22.0. The lowest BCUT2D eigenvalue weighted by Crippen LogP contribution is -2.31. The average Bonchev–Trinajstić information content (AvgIpc) is 3.12. The van der Waals surface area contributed by atoms with Crippen molar-refractivity contribution in [2.45, 2.75) is 26.3 Å². The van der Waals surface area contributed by atoms with Gasteiger partial charge in [-0.05, 0) is 47.1 Å². The molecule has 3 aromatic rings. The van der Waals surface area contributed by atoms with Gasteiger partial charge in [0.25, 0.3) is 0 Å². The number of benzene rings is 2. The minimum absolute atomic E-state index is 0.0227. The maximum Gasteiger partial charge on any atom is 0.306 e. The van der Waals surface area contributed by atoms with Crippen LogP contribution in [0.4, 0.5) is 5.69 Å². The van der Waals surface area contributed by atoms with E-state index >= 15 is 0 Å². The molecule has 0 radical (unpaired) electrons. The van der Waals surface area contributed by atoms with Crippen molar-refractivity contribution >= 4 is 78.2 Å². The second kappa shape index (κ2) is 9.89. The second-order valence-electron chi connectivity index (χ2n) is 6.05. The molecule has 0 aliphatic heterocycles. The van der Waals surface area contributed by atoms with Gasteiger partial charge in [-0.1, -0.05) is 35.3 Å². The Hall–Kier alpha value is -1.67. The minimum atomic E-state index is -0.394. The first-order valence-electron chi connectivity index (χ1n) is 8.84. The molecule has 1 amide bonds. The Kier molecular flexibility index (Phi) is 7.51. The molecule has 0 N–H and O–H groups in total. The monoisotopic (exact) mass is 514 g/mol. The number of fused-ring (bicyclic) bond motifs is 1. The SMILES string of the molecule is CCOC(=O)CCC(=O)N(Cc1nc2c(Cl)c(Cl)ccc2s1)c1ccccc1Br. The van der Waals surface area contributed by atoms with Crippen LogP contribution in [-0.2, 0) is 20.9 Å². The van der Waals surface area contributed by atoms with E-state index in [4.69, 9.17) is 27.9 Å². The van der Waals surface area contributed by atoms with Crippen molar-refractivity contribution in [1.82, 2.24) is 4.98 Å². The Bertz CT molecular complexity index is 1060. The summed E-state index contributed by atoms with van der Waals surface area (Å²) in [5.74, 6) is -0.595. The number of esters is 1. The highest BCUT2D eigenvalue weighted by Crippen LogP contribution is 2.35. The highest BCUT2D eigenvalue weighted by molar-refractivity contribution is 9.10. The molecule has 0 aliphatic carbocycles.